The fourth-order valence-corrected chi connectivity index (χ4v) is 3.56. The highest BCUT2D eigenvalue weighted by atomic mass is 16.1. The Kier molecular flexibility index (Phi) is 3.09. The van der Waals surface area contributed by atoms with Crippen LogP contribution in [0.3, 0.4) is 0 Å². The van der Waals surface area contributed by atoms with Crippen molar-refractivity contribution in [3.8, 4) is 6.07 Å². The average Bonchev–Trinajstić information content (AvgIpc) is 2.98. The minimum absolute atomic E-state index is 0.0483. The van der Waals surface area contributed by atoms with Crippen LogP contribution >= 0.6 is 0 Å². The van der Waals surface area contributed by atoms with Crippen LogP contribution in [0.15, 0.2) is 24.5 Å². The van der Waals surface area contributed by atoms with Crippen LogP contribution in [0, 0.1) is 17.2 Å². The third-order valence-corrected chi connectivity index (χ3v) is 4.80. The molecule has 22 heavy (non-hydrogen) atoms. The molecule has 1 unspecified atom stereocenters. The van der Waals surface area contributed by atoms with Gasteiger partial charge in [0.15, 0.2) is 5.69 Å². The van der Waals surface area contributed by atoms with Crippen LogP contribution in [0.1, 0.15) is 28.9 Å². The Labute approximate surface area is 128 Å². The number of fused-ring (bicyclic) bond motifs is 4. The van der Waals surface area contributed by atoms with Gasteiger partial charge < -0.3 is 14.6 Å². The molecule has 1 amide bonds. The second-order valence-corrected chi connectivity index (χ2v) is 6.14. The predicted octanol–water partition coefficient (Wildman–Crippen LogP) is 1.03. The van der Waals surface area contributed by atoms with E-state index >= 15 is 0 Å². The van der Waals surface area contributed by atoms with Gasteiger partial charge in [-0.05, 0) is 44.0 Å². The molecule has 112 valence electrons. The number of imidazole rings is 1. The summed E-state index contributed by atoms with van der Waals surface area (Å²) in [6, 6.07) is 5.80. The van der Waals surface area contributed by atoms with E-state index in [1.807, 2.05) is 6.07 Å². The van der Waals surface area contributed by atoms with E-state index in [1.54, 1.807) is 28.9 Å². The molecule has 6 nitrogen and oxygen atoms in total. The molecule has 1 atom stereocenters. The number of hydrogen-bond donors (Lipinski definition) is 1. The minimum Gasteiger partial charge on any atom is -0.348 e. The van der Waals surface area contributed by atoms with Crippen LogP contribution in [-0.2, 0) is 0 Å². The molecule has 0 aromatic carbocycles. The van der Waals surface area contributed by atoms with Crippen molar-refractivity contribution in [3.63, 3.8) is 0 Å². The second-order valence-electron chi connectivity index (χ2n) is 6.14. The largest absolute Gasteiger partial charge is 0.348 e. The quantitative estimate of drug-likeness (QED) is 0.898. The molecule has 3 aliphatic rings. The van der Waals surface area contributed by atoms with Crippen LogP contribution in [-0.4, -0.2) is 45.9 Å². The summed E-state index contributed by atoms with van der Waals surface area (Å²) in [4.78, 5) is 19.0. The number of amides is 1. The van der Waals surface area contributed by atoms with Crippen molar-refractivity contribution in [2.75, 3.05) is 19.6 Å². The summed E-state index contributed by atoms with van der Waals surface area (Å²) in [5.41, 5.74) is 1.64. The molecule has 5 heterocycles. The normalized spacial score (nSPS) is 26.8. The van der Waals surface area contributed by atoms with Crippen molar-refractivity contribution in [1.82, 2.24) is 19.6 Å². The molecule has 2 aromatic heterocycles. The van der Waals surface area contributed by atoms with E-state index in [-0.39, 0.29) is 11.9 Å². The van der Waals surface area contributed by atoms with Gasteiger partial charge in [-0.25, -0.2) is 4.98 Å². The number of aromatic nitrogens is 2. The highest BCUT2D eigenvalue weighted by Gasteiger charge is 2.34. The number of nitriles is 1. The van der Waals surface area contributed by atoms with Crippen LogP contribution in [0.4, 0.5) is 0 Å². The van der Waals surface area contributed by atoms with Gasteiger partial charge in [0.2, 0.25) is 0 Å². The van der Waals surface area contributed by atoms with Crippen molar-refractivity contribution in [2.24, 2.45) is 5.92 Å². The Balaban J connectivity index is 1.54. The molecule has 2 aromatic rings. The first kappa shape index (κ1) is 13.3. The van der Waals surface area contributed by atoms with Gasteiger partial charge in [0.05, 0.1) is 5.56 Å². The van der Waals surface area contributed by atoms with Gasteiger partial charge in [-0.1, -0.05) is 0 Å². The zero-order valence-electron chi connectivity index (χ0n) is 12.2. The van der Waals surface area contributed by atoms with Gasteiger partial charge in [-0.3, -0.25) is 4.79 Å². The monoisotopic (exact) mass is 295 g/mol. The predicted molar refractivity (Wildman–Crippen MR) is 80.3 cm³/mol. The lowest BCUT2D eigenvalue weighted by molar-refractivity contribution is 0.0620. The minimum atomic E-state index is -0.0483. The lowest BCUT2D eigenvalue weighted by Crippen LogP contribution is -2.57. The first-order valence-corrected chi connectivity index (χ1v) is 7.65. The van der Waals surface area contributed by atoms with E-state index in [0.717, 1.165) is 19.6 Å². The first-order valence-electron chi connectivity index (χ1n) is 7.65. The van der Waals surface area contributed by atoms with Gasteiger partial charge in [0.25, 0.3) is 5.91 Å². The molecule has 0 aliphatic carbocycles. The smallest absolute Gasteiger partial charge is 0.253 e. The van der Waals surface area contributed by atoms with Crippen molar-refractivity contribution < 1.29 is 4.79 Å². The molecule has 2 bridgehead atoms. The molecular formula is C16H17N5O. The van der Waals surface area contributed by atoms with Gasteiger partial charge >= 0.3 is 0 Å². The SMILES string of the molecule is N#Cc1cn2cc(C(=O)NC3CN4CCC3CC4)ccc2n1. The summed E-state index contributed by atoms with van der Waals surface area (Å²) in [5.74, 6) is 0.559. The molecular weight excluding hydrogens is 278 g/mol. The van der Waals surface area contributed by atoms with Gasteiger partial charge in [0, 0.05) is 25.0 Å². The zero-order valence-corrected chi connectivity index (χ0v) is 12.2. The number of nitrogens with one attached hydrogen (secondary N) is 1. The van der Waals surface area contributed by atoms with Crippen molar-refractivity contribution >= 4 is 11.6 Å². The fraction of sp³-hybridized carbons (Fsp3) is 0.438. The van der Waals surface area contributed by atoms with Crippen LogP contribution < -0.4 is 5.32 Å². The molecule has 3 saturated heterocycles. The summed E-state index contributed by atoms with van der Waals surface area (Å²) in [6.07, 6.45) is 5.73. The summed E-state index contributed by atoms with van der Waals surface area (Å²) >= 11 is 0. The number of carbonyl (C=O) groups excluding carboxylic acids is 1. The fourth-order valence-electron chi connectivity index (χ4n) is 3.56. The Bertz CT molecular complexity index is 766. The number of pyridine rings is 1. The average molecular weight is 295 g/mol. The van der Waals surface area contributed by atoms with Crippen LogP contribution in [0.25, 0.3) is 5.65 Å². The van der Waals surface area contributed by atoms with E-state index < -0.39 is 0 Å². The first-order chi connectivity index (χ1) is 10.7. The molecule has 0 spiro atoms. The summed E-state index contributed by atoms with van der Waals surface area (Å²) in [7, 11) is 0. The summed E-state index contributed by atoms with van der Waals surface area (Å²) < 4.78 is 1.73. The Morgan fingerprint density at radius 1 is 1.32 bits per heavy atom. The maximum atomic E-state index is 12.5. The van der Waals surface area contributed by atoms with E-state index in [9.17, 15) is 4.79 Å². The standard InChI is InChI=1S/C16H17N5O/c17-7-13-9-21-8-12(1-2-15(21)18-13)16(22)19-14-10-20-5-3-11(14)4-6-20/h1-2,8-9,11,14H,3-6,10H2,(H,19,22). The summed E-state index contributed by atoms with van der Waals surface area (Å²) in [6.45, 7) is 3.28. The Morgan fingerprint density at radius 3 is 2.82 bits per heavy atom. The number of carbonyl (C=O) groups is 1. The van der Waals surface area contributed by atoms with Crippen molar-refractivity contribution in [1.29, 1.82) is 5.26 Å². The molecule has 0 radical (unpaired) electrons. The van der Waals surface area contributed by atoms with Crippen LogP contribution in [0.5, 0.6) is 0 Å². The Hall–Kier alpha value is -2.39. The van der Waals surface area contributed by atoms with Crippen LogP contribution in [0.2, 0.25) is 0 Å². The molecule has 6 heteroatoms. The van der Waals surface area contributed by atoms with E-state index in [0.29, 0.717) is 22.8 Å². The highest BCUT2D eigenvalue weighted by Crippen LogP contribution is 2.27. The molecule has 0 saturated carbocycles. The molecule has 1 N–H and O–H groups in total. The third kappa shape index (κ3) is 2.24. The lowest BCUT2D eigenvalue weighted by atomic mass is 9.84. The van der Waals surface area contributed by atoms with Gasteiger partial charge in [0.1, 0.15) is 11.7 Å². The van der Waals surface area contributed by atoms with Gasteiger partial charge in [-0.15, -0.1) is 0 Å². The topological polar surface area (TPSA) is 73.4 Å². The lowest BCUT2D eigenvalue weighted by Gasteiger charge is -2.44. The van der Waals surface area contributed by atoms with Crippen molar-refractivity contribution in [2.45, 2.75) is 18.9 Å². The van der Waals surface area contributed by atoms with Crippen molar-refractivity contribution in [3.05, 3.63) is 35.8 Å². The Morgan fingerprint density at radius 2 is 2.14 bits per heavy atom. The molecule has 3 aliphatic heterocycles. The zero-order chi connectivity index (χ0) is 15.1. The second kappa shape index (κ2) is 5.11. The number of piperidine rings is 3. The number of rotatable bonds is 2. The molecule has 5 rings (SSSR count). The van der Waals surface area contributed by atoms with Gasteiger partial charge in [-0.2, -0.15) is 5.26 Å². The van der Waals surface area contributed by atoms with E-state index in [4.69, 9.17) is 5.26 Å². The maximum absolute atomic E-state index is 12.5. The summed E-state index contributed by atoms with van der Waals surface area (Å²) in [5, 5.41) is 12.1. The van der Waals surface area contributed by atoms with E-state index in [2.05, 4.69) is 15.2 Å². The molecule has 3 fully saturated rings. The third-order valence-electron chi connectivity index (χ3n) is 4.80. The number of hydrogen-bond acceptors (Lipinski definition) is 4. The number of nitrogens with zero attached hydrogens (tertiary/aromatic N) is 4. The highest BCUT2D eigenvalue weighted by molar-refractivity contribution is 5.94. The maximum Gasteiger partial charge on any atom is 0.253 e. The van der Waals surface area contributed by atoms with E-state index in [1.165, 1.54) is 12.8 Å².